The van der Waals surface area contributed by atoms with E-state index in [2.05, 4.69) is 20.4 Å². The molecule has 0 fully saturated rings. The number of carbonyl (C=O) groups excluding carboxylic acids is 2. The first-order valence-electron chi connectivity index (χ1n) is 7.83. The summed E-state index contributed by atoms with van der Waals surface area (Å²) in [5.41, 5.74) is 2.23. The van der Waals surface area contributed by atoms with Crippen LogP contribution in [0, 0.1) is 19.7 Å². The summed E-state index contributed by atoms with van der Waals surface area (Å²) in [7, 11) is 0. The standard InChI is InChI=1S/C18H16FN5O2/c1-10-6-11(2)24(23-10)18-21-16(8-17(22-18)20-12(3)26)14-7-13(9-25)4-5-15(14)19/h4-9H,1-3H3,(H,20,21,22,26). The number of anilines is 1. The van der Waals surface area contributed by atoms with E-state index in [1.54, 1.807) is 0 Å². The van der Waals surface area contributed by atoms with Crippen molar-refractivity contribution >= 4 is 18.0 Å². The molecule has 0 aliphatic rings. The number of benzene rings is 1. The summed E-state index contributed by atoms with van der Waals surface area (Å²) >= 11 is 0. The molecule has 2 aromatic heterocycles. The number of halogens is 1. The Labute approximate surface area is 148 Å². The quantitative estimate of drug-likeness (QED) is 0.729. The molecule has 0 spiro atoms. The van der Waals surface area contributed by atoms with Crippen LogP contribution in [0.4, 0.5) is 10.2 Å². The molecule has 0 radical (unpaired) electrons. The van der Waals surface area contributed by atoms with Crippen LogP contribution in [0.1, 0.15) is 28.7 Å². The van der Waals surface area contributed by atoms with Gasteiger partial charge in [0.25, 0.3) is 5.95 Å². The van der Waals surface area contributed by atoms with E-state index in [-0.39, 0.29) is 28.9 Å². The van der Waals surface area contributed by atoms with Gasteiger partial charge in [0.2, 0.25) is 5.91 Å². The maximum absolute atomic E-state index is 14.3. The van der Waals surface area contributed by atoms with E-state index in [0.29, 0.717) is 11.8 Å². The SMILES string of the molecule is CC(=O)Nc1cc(-c2cc(C=O)ccc2F)nc(-n2nc(C)cc2C)n1. The van der Waals surface area contributed by atoms with Crippen LogP contribution in [-0.4, -0.2) is 31.9 Å². The Hall–Kier alpha value is -3.42. The van der Waals surface area contributed by atoms with Gasteiger partial charge in [-0.3, -0.25) is 9.59 Å². The fourth-order valence-corrected chi connectivity index (χ4v) is 2.56. The largest absolute Gasteiger partial charge is 0.311 e. The first-order valence-corrected chi connectivity index (χ1v) is 7.83. The molecular formula is C18H16FN5O2. The average Bonchev–Trinajstić information content (AvgIpc) is 2.93. The van der Waals surface area contributed by atoms with Crippen LogP contribution in [-0.2, 0) is 4.79 Å². The molecule has 1 N–H and O–H groups in total. The normalized spacial score (nSPS) is 10.6. The van der Waals surface area contributed by atoms with Gasteiger partial charge in [0.1, 0.15) is 17.9 Å². The van der Waals surface area contributed by atoms with Gasteiger partial charge in [-0.2, -0.15) is 10.1 Å². The molecule has 0 bridgehead atoms. The fraction of sp³-hybridized carbons (Fsp3) is 0.167. The van der Waals surface area contributed by atoms with E-state index in [0.717, 1.165) is 11.4 Å². The number of aromatic nitrogens is 4. The van der Waals surface area contributed by atoms with Crippen LogP contribution in [0.3, 0.4) is 0 Å². The number of carbonyl (C=O) groups is 2. The molecule has 8 heteroatoms. The van der Waals surface area contributed by atoms with Crippen molar-refractivity contribution < 1.29 is 14.0 Å². The van der Waals surface area contributed by atoms with Gasteiger partial charge in [0.05, 0.1) is 11.4 Å². The summed E-state index contributed by atoms with van der Waals surface area (Å²) in [4.78, 5) is 31.1. The van der Waals surface area contributed by atoms with Gasteiger partial charge in [0.15, 0.2) is 0 Å². The lowest BCUT2D eigenvalue weighted by molar-refractivity contribution is -0.114. The Kier molecular flexibility index (Phi) is 4.57. The third-order valence-electron chi connectivity index (χ3n) is 3.62. The van der Waals surface area contributed by atoms with E-state index in [1.807, 2.05) is 19.9 Å². The molecule has 0 saturated heterocycles. The zero-order valence-corrected chi connectivity index (χ0v) is 14.4. The minimum atomic E-state index is -0.539. The van der Waals surface area contributed by atoms with Gasteiger partial charge in [-0.25, -0.2) is 14.1 Å². The molecule has 0 aliphatic carbocycles. The van der Waals surface area contributed by atoms with Crippen LogP contribution < -0.4 is 5.32 Å². The average molecular weight is 353 g/mol. The molecule has 0 atom stereocenters. The van der Waals surface area contributed by atoms with Gasteiger partial charge >= 0.3 is 0 Å². The van der Waals surface area contributed by atoms with Crippen molar-refractivity contribution in [1.82, 2.24) is 19.7 Å². The molecule has 0 saturated carbocycles. The van der Waals surface area contributed by atoms with E-state index in [4.69, 9.17) is 0 Å². The Balaban J connectivity index is 2.22. The molecule has 3 aromatic rings. The summed E-state index contributed by atoms with van der Waals surface area (Å²) in [6.07, 6.45) is 0.626. The second kappa shape index (κ2) is 6.83. The number of hydrogen-bond acceptors (Lipinski definition) is 5. The number of aryl methyl sites for hydroxylation is 2. The highest BCUT2D eigenvalue weighted by atomic mass is 19.1. The molecule has 1 amide bonds. The lowest BCUT2D eigenvalue weighted by Crippen LogP contribution is -2.12. The number of rotatable bonds is 4. The lowest BCUT2D eigenvalue weighted by atomic mass is 10.1. The van der Waals surface area contributed by atoms with Crippen LogP contribution in [0.2, 0.25) is 0 Å². The minimum Gasteiger partial charge on any atom is -0.311 e. The second-order valence-corrected chi connectivity index (χ2v) is 5.82. The Morgan fingerprint density at radius 1 is 1.19 bits per heavy atom. The predicted molar refractivity (Wildman–Crippen MR) is 93.7 cm³/mol. The summed E-state index contributed by atoms with van der Waals surface area (Å²) in [5, 5.41) is 6.90. The zero-order chi connectivity index (χ0) is 18.8. The smallest absolute Gasteiger partial charge is 0.253 e. The van der Waals surface area contributed by atoms with Gasteiger partial charge in [-0.15, -0.1) is 0 Å². The van der Waals surface area contributed by atoms with E-state index >= 15 is 0 Å². The van der Waals surface area contributed by atoms with Crippen molar-refractivity contribution in [1.29, 1.82) is 0 Å². The van der Waals surface area contributed by atoms with Crippen LogP contribution in [0.15, 0.2) is 30.3 Å². The summed E-state index contributed by atoms with van der Waals surface area (Å²) in [6.45, 7) is 5.01. The Morgan fingerprint density at radius 2 is 1.96 bits per heavy atom. The maximum atomic E-state index is 14.3. The Morgan fingerprint density at radius 3 is 2.58 bits per heavy atom. The highest BCUT2D eigenvalue weighted by Gasteiger charge is 2.15. The maximum Gasteiger partial charge on any atom is 0.253 e. The number of amides is 1. The van der Waals surface area contributed by atoms with E-state index in [1.165, 1.54) is 35.9 Å². The monoisotopic (exact) mass is 353 g/mol. The van der Waals surface area contributed by atoms with Crippen molar-refractivity contribution in [3.63, 3.8) is 0 Å². The van der Waals surface area contributed by atoms with Gasteiger partial charge in [-0.05, 0) is 38.1 Å². The van der Waals surface area contributed by atoms with Crippen LogP contribution in [0.5, 0.6) is 0 Å². The summed E-state index contributed by atoms with van der Waals surface area (Å²) < 4.78 is 15.8. The van der Waals surface area contributed by atoms with Crippen molar-refractivity contribution in [3.05, 3.63) is 53.1 Å². The zero-order valence-electron chi connectivity index (χ0n) is 14.4. The molecule has 0 unspecified atom stereocenters. The molecule has 3 rings (SSSR count). The second-order valence-electron chi connectivity index (χ2n) is 5.82. The van der Waals surface area contributed by atoms with Gasteiger partial charge in [-0.1, -0.05) is 0 Å². The highest BCUT2D eigenvalue weighted by molar-refractivity contribution is 5.88. The molecular weight excluding hydrogens is 337 g/mol. The van der Waals surface area contributed by atoms with Crippen molar-refractivity contribution in [2.45, 2.75) is 20.8 Å². The van der Waals surface area contributed by atoms with Crippen LogP contribution >= 0.6 is 0 Å². The first-order chi connectivity index (χ1) is 12.4. The number of nitrogens with zero attached hydrogens (tertiary/aromatic N) is 4. The predicted octanol–water partition coefficient (Wildman–Crippen LogP) is 2.86. The molecule has 7 nitrogen and oxygen atoms in total. The number of nitrogens with one attached hydrogen (secondary N) is 1. The van der Waals surface area contributed by atoms with E-state index in [9.17, 15) is 14.0 Å². The fourth-order valence-electron chi connectivity index (χ4n) is 2.56. The van der Waals surface area contributed by atoms with Crippen molar-refractivity contribution in [3.8, 4) is 17.2 Å². The summed E-state index contributed by atoms with van der Waals surface area (Å²) in [6, 6.07) is 7.27. The molecule has 1 aromatic carbocycles. The highest BCUT2D eigenvalue weighted by Crippen LogP contribution is 2.25. The molecule has 0 aliphatic heterocycles. The molecule has 26 heavy (non-hydrogen) atoms. The third-order valence-corrected chi connectivity index (χ3v) is 3.62. The Bertz CT molecular complexity index is 1010. The lowest BCUT2D eigenvalue weighted by Gasteiger charge is -2.10. The molecule has 132 valence electrons. The number of hydrogen-bond donors (Lipinski definition) is 1. The number of aldehydes is 1. The van der Waals surface area contributed by atoms with Crippen molar-refractivity contribution in [2.75, 3.05) is 5.32 Å². The van der Waals surface area contributed by atoms with Crippen LogP contribution in [0.25, 0.3) is 17.2 Å². The summed E-state index contributed by atoms with van der Waals surface area (Å²) in [5.74, 6) is -0.466. The molecule has 2 heterocycles. The first kappa shape index (κ1) is 17.4. The van der Waals surface area contributed by atoms with Crippen molar-refractivity contribution in [2.24, 2.45) is 0 Å². The van der Waals surface area contributed by atoms with E-state index < -0.39 is 5.82 Å². The van der Waals surface area contributed by atoms with Gasteiger partial charge < -0.3 is 5.32 Å². The third kappa shape index (κ3) is 3.49. The van der Waals surface area contributed by atoms with Gasteiger partial charge in [0, 0.05) is 29.8 Å². The topological polar surface area (TPSA) is 89.8 Å². The minimum absolute atomic E-state index is 0.131.